The Morgan fingerprint density at radius 2 is 1.90 bits per heavy atom. The summed E-state index contributed by atoms with van der Waals surface area (Å²) < 4.78 is 0. The van der Waals surface area contributed by atoms with Crippen LogP contribution in [0.5, 0.6) is 0 Å². The van der Waals surface area contributed by atoms with Gasteiger partial charge >= 0.3 is 0 Å². The Morgan fingerprint density at radius 1 is 1.15 bits per heavy atom. The molecule has 0 unspecified atom stereocenters. The van der Waals surface area contributed by atoms with Crippen LogP contribution in [0.1, 0.15) is 19.8 Å². The average Bonchev–Trinajstić information content (AvgIpc) is 2.49. The van der Waals surface area contributed by atoms with Crippen molar-refractivity contribution in [3.05, 3.63) is 36.5 Å². The number of hydrogen-bond donors (Lipinski definition) is 1. The predicted octanol–water partition coefficient (Wildman–Crippen LogP) is 2.85. The van der Waals surface area contributed by atoms with Crippen molar-refractivity contribution in [1.82, 2.24) is 15.2 Å². The molecule has 0 aliphatic carbocycles. The third-order valence-electron chi connectivity index (χ3n) is 3.66. The average molecular weight is 269 g/mol. The fraction of sp³-hybridized carbons (Fsp3) is 0.400. The van der Waals surface area contributed by atoms with Crippen molar-refractivity contribution in [3.8, 4) is 0 Å². The molecule has 1 N–H and O–H groups in total. The van der Waals surface area contributed by atoms with Crippen LogP contribution in [0, 0.1) is 5.92 Å². The van der Waals surface area contributed by atoms with E-state index in [-0.39, 0.29) is 0 Å². The molecule has 2 aromatic rings. The van der Waals surface area contributed by atoms with Gasteiger partial charge in [0.1, 0.15) is 0 Å². The lowest BCUT2D eigenvalue weighted by Gasteiger charge is -2.29. The zero-order chi connectivity index (χ0) is 13.8. The van der Waals surface area contributed by atoms with E-state index in [0.717, 1.165) is 36.5 Å². The summed E-state index contributed by atoms with van der Waals surface area (Å²) in [6.45, 7) is 4.32. The van der Waals surface area contributed by atoms with Gasteiger partial charge in [-0.2, -0.15) is 10.1 Å². The van der Waals surface area contributed by atoms with Crippen LogP contribution in [0.15, 0.2) is 36.5 Å². The first-order chi connectivity index (χ1) is 9.81. The van der Waals surface area contributed by atoms with Crippen LogP contribution in [-0.2, 0) is 0 Å². The van der Waals surface area contributed by atoms with Gasteiger partial charge < -0.3 is 10.2 Å². The van der Waals surface area contributed by atoms with Crippen molar-refractivity contribution in [2.45, 2.75) is 19.8 Å². The highest BCUT2D eigenvalue weighted by atomic mass is 15.3. The minimum Gasteiger partial charge on any atom is -0.339 e. The van der Waals surface area contributed by atoms with Crippen LogP contribution in [0.25, 0.3) is 0 Å². The molecule has 0 bridgehead atoms. The summed E-state index contributed by atoms with van der Waals surface area (Å²) in [7, 11) is 0. The van der Waals surface area contributed by atoms with Gasteiger partial charge in [-0.15, -0.1) is 5.10 Å². The van der Waals surface area contributed by atoms with Crippen LogP contribution in [0.2, 0.25) is 0 Å². The molecule has 1 aromatic carbocycles. The van der Waals surface area contributed by atoms with Crippen LogP contribution in [0.3, 0.4) is 0 Å². The third kappa shape index (κ3) is 3.04. The molecule has 1 aliphatic heterocycles. The molecular formula is C15H19N5. The first-order valence-electron chi connectivity index (χ1n) is 7.08. The number of benzene rings is 1. The van der Waals surface area contributed by atoms with Crippen LogP contribution in [0.4, 0.5) is 17.5 Å². The lowest BCUT2D eigenvalue weighted by atomic mass is 10.00. The van der Waals surface area contributed by atoms with Crippen molar-refractivity contribution < 1.29 is 0 Å². The van der Waals surface area contributed by atoms with E-state index in [2.05, 4.69) is 32.3 Å². The number of rotatable bonds is 3. The molecule has 104 valence electrons. The Hall–Kier alpha value is -2.17. The Labute approximate surface area is 119 Å². The van der Waals surface area contributed by atoms with Crippen molar-refractivity contribution in [2.24, 2.45) is 5.92 Å². The van der Waals surface area contributed by atoms with E-state index in [1.54, 1.807) is 6.20 Å². The van der Waals surface area contributed by atoms with Gasteiger partial charge in [-0.05, 0) is 30.9 Å². The Bertz CT molecular complexity index is 549. The van der Waals surface area contributed by atoms with E-state index < -0.39 is 0 Å². The van der Waals surface area contributed by atoms with E-state index in [0.29, 0.717) is 0 Å². The fourth-order valence-corrected chi connectivity index (χ4v) is 2.37. The van der Waals surface area contributed by atoms with Gasteiger partial charge in [-0.1, -0.05) is 25.1 Å². The summed E-state index contributed by atoms with van der Waals surface area (Å²) in [5.41, 5.74) is 1.01. The van der Waals surface area contributed by atoms with E-state index in [9.17, 15) is 0 Å². The monoisotopic (exact) mass is 269 g/mol. The van der Waals surface area contributed by atoms with Gasteiger partial charge in [0.05, 0.1) is 6.20 Å². The Kier molecular flexibility index (Phi) is 3.76. The van der Waals surface area contributed by atoms with Gasteiger partial charge in [-0.25, -0.2) is 0 Å². The van der Waals surface area contributed by atoms with E-state index in [1.807, 2.05) is 30.3 Å². The summed E-state index contributed by atoms with van der Waals surface area (Å²) in [6, 6.07) is 9.98. The van der Waals surface area contributed by atoms with Crippen molar-refractivity contribution >= 4 is 17.5 Å². The fourth-order valence-electron chi connectivity index (χ4n) is 2.37. The first kappa shape index (κ1) is 12.8. The lowest BCUT2D eigenvalue weighted by Crippen LogP contribution is -2.34. The molecule has 1 aromatic heterocycles. The van der Waals surface area contributed by atoms with Crippen molar-refractivity contribution in [2.75, 3.05) is 23.3 Å². The number of piperidine rings is 1. The molecule has 0 amide bonds. The molecule has 2 heterocycles. The Balaban J connectivity index is 1.73. The molecule has 0 radical (unpaired) electrons. The minimum atomic E-state index is 0.720. The molecule has 0 saturated carbocycles. The summed E-state index contributed by atoms with van der Waals surface area (Å²) in [5, 5.41) is 11.5. The van der Waals surface area contributed by atoms with Crippen LogP contribution >= 0.6 is 0 Å². The number of aromatic nitrogens is 3. The topological polar surface area (TPSA) is 53.9 Å². The second-order valence-corrected chi connectivity index (χ2v) is 5.30. The maximum absolute atomic E-state index is 4.56. The largest absolute Gasteiger partial charge is 0.339 e. The highest BCUT2D eigenvalue weighted by Gasteiger charge is 2.18. The SMILES string of the molecule is CC1CCN(c2nncc(Nc3ccccc3)n2)CC1. The number of para-hydroxylation sites is 1. The highest BCUT2D eigenvalue weighted by molar-refractivity contribution is 5.55. The van der Waals surface area contributed by atoms with Gasteiger partial charge in [-0.3, -0.25) is 0 Å². The van der Waals surface area contributed by atoms with Crippen LogP contribution < -0.4 is 10.2 Å². The second kappa shape index (κ2) is 5.86. The maximum atomic E-state index is 4.56. The number of hydrogen-bond acceptors (Lipinski definition) is 5. The first-order valence-corrected chi connectivity index (χ1v) is 7.08. The van der Waals surface area contributed by atoms with Gasteiger partial charge in [0.15, 0.2) is 5.82 Å². The van der Waals surface area contributed by atoms with E-state index in [1.165, 1.54) is 12.8 Å². The summed E-state index contributed by atoms with van der Waals surface area (Å²) >= 11 is 0. The number of nitrogens with zero attached hydrogens (tertiary/aromatic N) is 4. The van der Waals surface area contributed by atoms with Gasteiger partial charge in [0, 0.05) is 18.8 Å². The zero-order valence-corrected chi connectivity index (χ0v) is 11.7. The van der Waals surface area contributed by atoms with Crippen molar-refractivity contribution in [3.63, 3.8) is 0 Å². The molecule has 1 saturated heterocycles. The number of anilines is 3. The molecule has 3 rings (SSSR count). The van der Waals surface area contributed by atoms with Crippen molar-refractivity contribution in [1.29, 1.82) is 0 Å². The Morgan fingerprint density at radius 3 is 2.65 bits per heavy atom. The summed E-state index contributed by atoms with van der Waals surface area (Å²) in [5.74, 6) is 2.25. The smallest absolute Gasteiger partial charge is 0.247 e. The number of nitrogens with one attached hydrogen (secondary N) is 1. The summed E-state index contributed by atoms with van der Waals surface area (Å²) in [6.07, 6.45) is 4.04. The van der Waals surface area contributed by atoms with Gasteiger partial charge in [0.25, 0.3) is 0 Å². The maximum Gasteiger partial charge on any atom is 0.247 e. The molecule has 0 spiro atoms. The quantitative estimate of drug-likeness (QED) is 0.928. The zero-order valence-electron chi connectivity index (χ0n) is 11.7. The molecule has 0 atom stereocenters. The van der Waals surface area contributed by atoms with E-state index in [4.69, 9.17) is 0 Å². The van der Waals surface area contributed by atoms with Gasteiger partial charge in [0.2, 0.25) is 5.95 Å². The summed E-state index contributed by atoms with van der Waals surface area (Å²) in [4.78, 5) is 6.77. The van der Waals surface area contributed by atoms with E-state index >= 15 is 0 Å². The molecule has 20 heavy (non-hydrogen) atoms. The van der Waals surface area contributed by atoms with Crippen LogP contribution in [-0.4, -0.2) is 28.3 Å². The molecule has 5 nitrogen and oxygen atoms in total. The minimum absolute atomic E-state index is 0.720. The molecule has 1 aliphatic rings. The third-order valence-corrected chi connectivity index (χ3v) is 3.66. The predicted molar refractivity (Wildman–Crippen MR) is 80.2 cm³/mol. The molecule has 1 fully saturated rings. The normalized spacial score (nSPS) is 16.1. The molecular weight excluding hydrogens is 250 g/mol. The second-order valence-electron chi connectivity index (χ2n) is 5.30. The highest BCUT2D eigenvalue weighted by Crippen LogP contribution is 2.21. The standard InChI is InChI=1S/C15H19N5/c1-12-7-9-20(10-8-12)15-18-14(11-16-19-15)17-13-5-3-2-4-6-13/h2-6,11-12H,7-10H2,1H3,(H,17,18,19). The lowest BCUT2D eigenvalue weighted by molar-refractivity contribution is 0.433. The molecule has 5 heteroatoms.